The van der Waals surface area contributed by atoms with E-state index in [1.165, 1.54) is 4.88 Å². The third kappa shape index (κ3) is 4.87. The third-order valence-corrected chi connectivity index (χ3v) is 5.54. The number of aliphatic hydroxyl groups excluding tert-OH is 1. The Bertz CT molecular complexity index is 1030. The van der Waals surface area contributed by atoms with Crippen LogP contribution in [-0.2, 0) is 17.8 Å². The van der Waals surface area contributed by atoms with Crippen molar-refractivity contribution in [2.24, 2.45) is 0 Å². The third-order valence-electron chi connectivity index (χ3n) is 4.37. The first-order valence-electron chi connectivity index (χ1n) is 9.15. The average molecular weight is 414 g/mol. The van der Waals surface area contributed by atoms with Gasteiger partial charge in [0.2, 0.25) is 0 Å². The summed E-state index contributed by atoms with van der Waals surface area (Å²) in [4.78, 5) is 34.2. The van der Waals surface area contributed by atoms with Gasteiger partial charge in [-0.3, -0.25) is 4.79 Å². The highest BCUT2D eigenvalue weighted by Crippen LogP contribution is 2.29. The van der Waals surface area contributed by atoms with Crippen LogP contribution in [0.15, 0.2) is 30.3 Å². The molecule has 0 saturated carbocycles. The van der Waals surface area contributed by atoms with Gasteiger partial charge in [0.25, 0.3) is 5.91 Å². The summed E-state index contributed by atoms with van der Waals surface area (Å²) in [5.74, 6) is -0.358. The normalized spacial score (nSPS) is 12.0. The van der Waals surface area contributed by atoms with Gasteiger partial charge in [0.15, 0.2) is 6.04 Å². The second-order valence-electron chi connectivity index (χ2n) is 6.50. The molecule has 1 atom stereocenters. The number of aliphatic carboxylic acids is 1. The van der Waals surface area contributed by atoms with Crippen molar-refractivity contribution in [2.45, 2.75) is 32.9 Å². The first-order chi connectivity index (χ1) is 13.9. The maximum atomic E-state index is 12.1. The quantitative estimate of drug-likeness (QED) is 0.446. The van der Waals surface area contributed by atoms with Crippen LogP contribution in [0.2, 0.25) is 0 Å². The van der Waals surface area contributed by atoms with E-state index < -0.39 is 24.5 Å². The summed E-state index contributed by atoms with van der Waals surface area (Å²) in [6, 6.07) is 7.58. The molecule has 1 amide bonds. The molecule has 29 heavy (non-hydrogen) atoms. The number of aliphatic hydroxyl groups is 1. The number of nitrogens with one attached hydrogen (secondary N) is 2. The maximum absolute atomic E-state index is 12.1. The molecule has 0 aliphatic rings. The van der Waals surface area contributed by atoms with Crippen LogP contribution in [0.1, 0.15) is 33.5 Å². The molecule has 0 fully saturated rings. The first-order valence-corrected chi connectivity index (χ1v) is 9.97. The first kappa shape index (κ1) is 20.7. The number of carbonyl (C=O) groups excluding carboxylic acids is 1. The topological polar surface area (TPSA) is 124 Å². The molecule has 3 rings (SSSR count). The summed E-state index contributed by atoms with van der Waals surface area (Å²) in [5, 5.41) is 24.5. The number of carbonyl (C=O) groups is 2. The van der Waals surface area contributed by atoms with E-state index in [-0.39, 0.29) is 0 Å². The van der Waals surface area contributed by atoms with Gasteiger partial charge >= 0.3 is 5.97 Å². The summed E-state index contributed by atoms with van der Waals surface area (Å²) >= 11 is 1.67. The largest absolute Gasteiger partial charge is 0.480 e. The molecule has 8 nitrogen and oxygen atoms in total. The van der Waals surface area contributed by atoms with Crippen molar-refractivity contribution in [3.8, 4) is 0 Å². The SMILES string of the molecule is CCc1cc2c(NCc3ccc(C(=O)NC(CO)C(=O)O)cc3)nc(C)nc2s1. The van der Waals surface area contributed by atoms with Gasteiger partial charge in [0.1, 0.15) is 16.5 Å². The molecule has 0 saturated heterocycles. The van der Waals surface area contributed by atoms with Crippen molar-refractivity contribution in [2.75, 3.05) is 11.9 Å². The van der Waals surface area contributed by atoms with Crippen LogP contribution < -0.4 is 10.6 Å². The smallest absolute Gasteiger partial charge is 0.328 e. The summed E-state index contributed by atoms with van der Waals surface area (Å²) in [6.07, 6.45) is 0.946. The molecule has 3 aromatic rings. The Hall–Kier alpha value is -3.04. The zero-order valence-corrected chi connectivity index (χ0v) is 16.9. The minimum Gasteiger partial charge on any atom is -0.480 e. The Balaban J connectivity index is 1.69. The number of hydrogen-bond acceptors (Lipinski definition) is 7. The predicted molar refractivity (Wildman–Crippen MR) is 111 cm³/mol. The minimum atomic E-state index is -1.33. The molecule has 9 heteroatoms. The molecule has 0 bridgehead atoms. The lowest BCUT2D eigenvalue weighted by Gasteiger charge is -2.12. The van der Waals surface area contributed by atoms with Crippen LogP contribution >= 0.6 is 11.3 Å². The second-order valence-corrected chi connectivity index (χ2v) is 7.62. The number of fused-ring (bicyclic) bond motifs is 1. The molecule has 0 spiro atoms. The van der Waals surface area contributed by atoms with Gasteiger partial charge in [-0.2, -0.15) is 0 Å². The van der Waals surface area contributed by atoms with Crippen LogP contribution in [0.3, 0.4) is 0 Å². The van der Waals surface area contributed by atoms with Gasteiger partial charge in [-0.25, -0.2) is 14.8 Å². The number of hydrogen-bond donors (Lipinski definition) is 4. The Morgan fingerprint density at radius 1 is 1.21 bits per heavy atom. The van der Waals surface area contributed by atoms with E-state index in [1.807, 2.05) is 6.92 Å². The van der Waals surface area contributed by atoms with Crippen LogP contribution in [0.4, 0.5) is 5.82 Å². The number of benzene rings is 1. The lowest BCUT2D eigenvalue weighted by molar-refractivity contribution is -0.140. The van der Waals surface area contributed by atoms with E-state index in [1.54, 1.807) is 35.6 Å². The van der Waals surface area contributed by atoms with Gasteiger partial charge in [-0.05, 0) is 37.1 Å². The molecule has 2 heterocycles. The Morgan fingerprint density at radius 3 is 2.55 bits per heavy atom. The summed E-state index contributed by atoms with van der Waals surface area (Å²) in [7, 11) is 0. The van der Waals surface area contributed by atoms with E-state index >= 15 is 0 Å². The van der Waals surface area contributed by atoms with Crippen LogP contribution in [0.25, 0.3) is 10.2 Å². The van der Waals surface area contributed by atoms with Crippen LogP contribution in [-0.4, -0.2) is 44.7 Å². The van der Waals surface area contributed by atoms with Crippen LogP contribution in [0, 0.1) is 6.92 Å². The number of aromatic nitrogens is 2. The van der Waals surface area contributed by atoms with Crippen molar-refractivity contribution in [3.05, 3.63) is 52.2 Å². The molecule has 4 N–H and O–H groups in total. The van der Waals surface area contributed by atoms with Crippen molar-refractivity contribution >= 4 is 39.2 Å². The number of nitrogens with zero attached hydrogens (tertiary/aromatic N) is 2. The second kappa shape index (κ2) is 8.97. The minimum absolute atomic E-state index is 0.319. The average Bonchev–Trinajstić information content (AvgIpc) is 3.13. The van der Waals surface area contributed by atoms with Gasteiger partial charge < -0.3 is 20.8 Å². The highest BCUT2D eigenvalue weighted by Gasteiger charge is 2.19. The molecule has 0 aliphatic carbocycles. The number of thiophene rings is 1. The van der Waals surface area contributed by atoms with Crippen molar-refractivity contribution in [1.82, 2.24) is 15.3 Å². The fraction of sp³-hybridized carbons (Fsp3) is 0.300. The van der Waals surface area contributed by atoms with Gasteiger partial charge in [0.05, 0.1) is 12.0 Å². The lowest BCUT2D eigenvalue weighted by atomic mass is 10.1. The monoisotopic (exact) mass is 414 g/mol. The number of aryl methyl sites for hydroxylation is 2. The molecule has 2 aromatic heterocycles. The Kier molecular flexibility index (Phi) is 6.40. The van der Waals surface area contributed by atoms with Crippen molar-refractivity contribution < 1.29 is 19.8 Å². The summed E-state index contributed by atoms with van der Waals surface area (Å²) in [5.41, 5.74) is 1.26. The van der Waals surface area contributed by atoms with E-state index in [0.717, 1.165) is 28.0 Å². The Morgan fingerprint density at radius 2 is 1.93 bits per heavy atom. The lowest BCUT2D eigenvalue weighted by Crippen LogP contribution is -2.43. The van der Waals surface area contributed by atoms with Gasteiger partial charge in [0, 0.05) is 17.0 Å². The van der Waals surface area contributed by atoms with Crippen molar-refractivity contribution in [3.63, 3.8) is 0 Å². The summed E-state index contributed by atoms with van der Waals surface area (Å²) < 4.78 is 0. The maximum Gasteiger partial charge on any atom is 0.328 e. The molecule has 152 valence electrons. The standard InChI is InChI=1S/C20H22N4O4S/c1-3-14-8-15-17(22-11(2)23-19(15)29-14)21-9-12-4-6-13(7-5-12)18(26)24-16(10-25)20(27)28/h4-8,16,25H,3,9-10H2,1-2H3,(H,24,26)(H,27,28)(H,21,22,23). The molecular weight excluding hydrogens is 392 g/mol. The molecule has 0 radical (unpaired) electrons. The predicted octanol–water partition coefficient (Wildman–Crippen LogP) is 2.35. The zero-order chi connectivity index (χ0) is 21.0. The van der Waals surface area contributed by atoms with Crippen molar-refractivity contribution in [1.29, 1.82) is 0 Å². The summed E-state index contributed by atoms with van der Waals surface area (Å²) in [6.45, 7) is 3.81. The number of carboxylic acid groups (broad SMARTS) is 1. The molecular formula is C20H22N4O4S. The Labute approximate surface area is 171 Å². The molecule has 0 aliphatic heterocycles. The molecule has 1 unspecified atom stereocenters. The van der Waals surface area contributed by atoms with E-state index in [2.05, 4.69) is 33.6 Å². The van der Waals surface area contributed by atoms with E-state index in [9.17, 15) is 9.59 Å². The number of anilines is 1. The number of amides is 1. The highest BCUT2D eigenvalue weighted by atomic mass is 32.1. The van der Waals surface area contributed by atoms with Crippen LogP contribution in [0.5, 0.6) is 0 Å². The number of carboxylic acids is 1. The van der Waals surface area contributed by atoms with E-state index in [0.29, 0.717) is 17.9 Å². The fourth-order valence-electron chi connectivity index (χ4n) is 2.77. The van der Waals surface area contributed by atoms with Gasteiger partial charge in [-0.15, -0.1) is 11.3 Å². The zero-order valence-electron chi connectivity index (χ0n) is 16.1. The number of rotatable bonds is 8. The van der Waals surface area contributed by atoms with E-state index in [4.69, 9.17) is 10.2 Å². The highest BCUT2D eigenvalue weighted by molar-refractivity contribution is 7.18. The van der Waals surface area contributed by atoms with Gasteiger partial charge in [-0.1, -0.05) is 19.1 Å². The molecule has 1 aromatic carbocycles. The fourth-order valence-corrected chi connectivity index (χ4v) is 3.79.